The number of ether oxygens (including phenoxy) is 1. The molecule has 0 saturated heterocycles. The SMILES string of the molecule is CCCCC(CC)CSc1nc2c(C(=O)OCC)c(-c3ccc(Cl)cc3)c(Cl)n2c(=O)[nH]1. The van der Waals surface area contributed by atoms with Crippen LogP contribution < -0.4 is 5.69 Å². The number of nitrogens with zero attached hydrogens (tertiary/aromatic N) is 2. The lowest BCUT2D eigenvalue weighted by Gasteiger charge is -2.13. The van der Waals surface area contributed by atoms with E-state index < -0.39 is 11.7 Å². The highest BCUT2D eigenvalue weighted by molar-refractivity contribution is 7.99. The van der Waals surface area contributed by atoms with Crippen molar-refractivity contribution in [3.8, 4) is 11.1 Å². The second-order valence-electron chi connectivity index (χ2n) is 7.50. The van der Waals surface area contributed by atoms with Gasteiger partial charge in [0.25, 0.3) is 0 Å². The Balaban J connectivity index is 2.11. The summed E-state index contributed by atoms with van der Waals surface area (Å²) < 4.78 is 6.50. The summed E-state index contributed by atoms with van der Waals surface area (Å²) in [7, 11) is 0. The second kappa shape index (κ2) is 11.3. The number of rotatable bonds is 10. The third-order valence-electron chi connectivity index (χ3n) is 5.32. The van der Waals surface area contributed by atoms with Crippen molar-refractivity contribution in [2.75, 3.05) is 12.4 Å². The Morgan fingerprint density at radius 2 is 1.94 bits per heavy atom. The molecule has 0 radical (unpaired) electrons. The van der Waals surface area contributed by atoms with Gasteiger partial charge in [-0.05, 0) is 37.0 Å². The Hall–Kier alpha value is -1.96. The number of halogens is 2. The molecule has 0 fully saturated rings. The van der Waals surface area contributed by atoms with Crippen LogP contribution >= 0.6 is 35.0 Å². The number of benzene rings is 1. The Morgan fingerprint density at radius 1 is 1.22 bits per heavy atom. The molecule has 0 saturated carbocycles. The monoisotopic (exact) mass is 495 g/mol. The molecule has 0 spiro atoms. The first-order valence-corrected chi connectivity index (χ1v) is 12.5. The average molecular weight is 496 g/mol. The Bertz CT molecular complexity index is 1140. The third kappa shape index (κ3) is 5.33. The summed E-state index contributed by atoms with van der Waals surface area (Å²) in [5.74, 6) is 0.791. The molecule has 0 aliphatic heterocycles. The highest BCUT2D eigenvalue weighted by Gasteiger charge is 2.28. The molecule has 0 bridgehead atoms. The van der Waals surface area contributed by atoms with E-state index in [9.17, 15) is 9.59 Å². The molecule has 0 aliphatic rings. The lowest BCUT2D eigenvalue weighted by atomic mass is 10.0. The fraction of sp³-hybridized carbons (Fsp3) is 0.435. The normalized spacial score (nSPS) is 12.3. The summed E-state index contributed by atoms with van der Waals surface area (Å²) in [5.41, 5.74) is 0.953. The second-order valence-corrected chi connectivity index (χ2v) is 9.30. The number of fused-ring (bicyclic) bond motifs is 1. The standard InChI is InChI=1S/C23H27Cl2N3O3S/c1-4-7-8-14(5-2)13-32-22-26-20-18(21(29)31-6-3)17(15-9-11-16(24)12-10-15)19(25)28(20)23(30)27-22/h9-12,14H,4-8,13H2,1-3H3,(H,26,27,30). The Morgan fingerprint density at radius 3 is 2.56 bits per heavy atom. The lowest BCUT2D eigenvalue weighted by Crippen LogP contribution is -2.19. The summed E-state index contributed by atoms with van der Waals surface area (Å²) >= 11 is 14.1. The van der Waals surface area contributed by atoms with Gasteiger partial charge >= 0.3 is 11.7 Å². The number of thioether (sulfide) groups is 1. The van der Waals surface area contributed by atoms with E-state index in [1.807, 2.05) is 0 Å². The molecule has 1 unspecified atom stereocenters. The van der Waals surface area contributed by atoms with Gasteiger partial charge in [-0.15, -0.1) is 0 Å². The molecule has 9 heteroatoms. The van der Waals surface area contributed by atoms with Crippen molar-refractivity contribution in [3.05, 3.63) is 50.5 Å². The van der Waals surface area contributed by atoms with Gasteiger partial charge in [0, 0.05) is 16.3 Å². The molecule has 3 aromatic rings. The quantitative estimate of drug-likeness (QED) is 0.257. The number of nitrogens with one attached hydrogen (secondary N) is 1. The minimum absolute atomic E-state index is 0.102. The van der Waals surface area contributed by atoms with Crippen LogP contribution in [0, 0.1) is 5.92 Å². The van der Waals surface area contributed by atoms with Gasteiger partial charge in [0.05, 0.1) is 6.61 Å². The molecule has 3 rings (SSSR count). The van der Waals surface area contributed by atoms with E-state index >= 15 is 0 Å². The van der Waals surface area contributed by atoms with Crippen LogP contribution in [0.25, 0.3) is 16.8 Å². The molecule has 0 aliphatic carbocycles. The van der Waals surface area contributed by atoms with Crippen molar-refractivity contribution < 1.29 is 9.53 Å². The van der Waals surface area contributed by atoms with Crippen LogP contribution in [-0.4, -0.2) is 32.7 Å². The van der Waals surface area contributed by atoms with E-state index in [4.69, 9.17) is 27.9 Å². The molecule has 1 atom stereocenters. The first-order valence-electron chi connectivity index (χ1n) is 10.8. The number of hydrogen-bond acceptors (Lipinski definition) is 5. The highest BCUT2D eigenvalue weighted by Crippen LogP contribution is 2.36. The van der Waals surface area contributed by atoms with Crippen LogP contribution in [0.4, 0.5) is 0 Å². The molecular weight excluding hydrogens is 469 g/mol. The van der Waals surface area contributed by atoms with Gasteiger partial charge in [-0.25, -0.2) is 19.0 Å². The van der Waals surface area contributed by atoms with Gasteiger partial charge < -0.3 is 4.74 Å². The van der Waals surface area contributed by atoms with Crippen LogP contribution in [0.2, 0.25) is 10.2 Å². The largest absolute Gasteiger partial charge is 0.462 e. The zero-order chi connectivity index (χ0) is 23.3. The van der Waals surface area contributed by atoms with E-state index in [2.05, 4.69) is 23.8 Å². The van der Waals surface area contributed by atoms with Crippen molar-refractivity contribution in [2.45, 2.75) is 51.6 Å². The predicted molar refractivity (Wildman–Crippen MR) is 131 cm³/mol. The predicted octanol–water partition coefficient (Wildman–Crippen LogP) is 6.48. The van der Waals surface area contributed by atoms with Gasteiger partial charge in [-0.3, -0.25) is 4.98 Å². The topological polar surface area (TPSA) is 76.5 Å². The van der Waals surface area contributed by atoms with Crippen LogP contribution in [0.5, 0.6) is 0 Å². The Labute approximate surface area is 201 Å². The van der Waals surface area contributed by atoms with Gasteiger partial charge in [0.15, 0.2) is 10.8 Å². The van der Waals surface area contributed by atoms with E-state index in [0.717, 1.165) is 25.0 Å². The number of carbonyl (C=O) groups is 1. The number of aromatic amines is 1. The van der Waals surface area contributed by atoms with Crippen molar-refractivity contribution in [1.82, 2.24) is 14.4 Å². The fourth-order valence-electron chi connectivity index (χ4n) is 3.53. The molecule has 172 valence electrons. The summed E-state index contributed by atoms with van der Waals surface area (Å²) in [4.78, 5) is 33.3. The maximum Gasteiger partial charge on any atom is 0.342 e. The van der Waals surface area contributed by atoms with Crippen LogP contribution in [-0.2, 0) is 4.74 Å². The Kier molecular flexibility index (Phi) is 8.68. The summed E-state index contributed by atoms with van der Waals surface area (Å²) in [5, 5.41) is 1.11. The number of hydrogen-bond donors (Lipinski definition) is 1. The maximum absolute atomic E-state index is 12.9. The van der Waals surface area contributed by atoms with E-state index in [1.54, 1.807) is 31.2 Å². The van der Waals surface area contributed by atoms with E-state index in [1.165, 1.54) is 22.6 Å². The summed E-state index contributed by atoms with van der Waals surface area (Å²) in [6.07, 6.45) is 4.53. The summed E-state index contributed by atoms with van der Waals surface area (Å²) in [6, 6.07) is 6.89. The van der Waals surface area contributed by atoms with Crippen molar-refractivity contribution in [1.29, 1.82) is 0 Å². The number of aromatic nitrogens is 3. The zero-order valence-electron chi connectivity index (χ0n) is 18.4. The lowest BCUT2D eigenvalue weighted by molar-refractivity contribution is 0.0529. The molecule has 2 heterocycles. The average Bonchev–Trinajstić information content (AvgIpc) is 3.07. The van der Waals surface area contributed by atoms with Crippen molar-refractivity contribution >= 4 is 46.6 Å². The van der Waals surface area contributed by atoms with Gasteiger partial charge in [-0.2, -0.15) is 0 Å². The van der Waals surface area contributed by atoms with Gasteiger partial charge in [0.2, 0.25) is 0 Å². The van der Waals surface area contributed by atoms with E-state index in [0.29, 0.717) is 27.2 Å². The van der Waals surface area contributed by atoms with Crippen molar-refractivity contribution in [3.63, 3.8) is 0 Å². The zero-order valence-corrected chi connectivity index (χ0v) is 20.7. The minimum atomic E-state index is -0.578. The fourth-order valence-corrected chi connectivity index (χ4v) is 5.13. The van der Waals surface area contributed by atoms with Crippen LogP contribution in [0.1, 0.15) is 56.8 Å². The first-order chi connectivity index (χ1) is 15.4. The van der Waals surface area contributed by atoms with Crippen molar-refractivity contribution in [2.24, 2.45) is 5.92 Å². The molecule has 6 nitrogen and oxygen atoms in total. The van der Waals surface area contributed by atoms with E-state index in [-0.39, 0.29) is 23.0 Å². The summed E-state index contributed by atoms with van der Waals surface area (Å²) in [6.45, 7) is 6.26. The van der Waals surface area contributed by atoms with Gasteiger partial charge in [0.1, 0.15) is 10.7 Å². The molecule has 1 N–H and O–H groups in total. The number of H-pyrrole nitrogens is 1. The maximum atomic E-state index is 12.9. The third-order valence-corrected chi connectivity index (χ3v) is 7.04. The first kappa shape index (κ1) is 24.7. The molecule has 2 aromatic heterocycles. The number of unbranched alkanes of at least 4 members (excludes halogenated alkanes) is 1. The highest BCUT2D eigenvalue weighted by atomic mass is 35.5. The van der Waals surface area contributed by atoms with Crippen LogP contribution in [0.3, 0.4) is 0 Å². The number of carbonyl (C=O) groups excluding carboxylic acids is 1. The molecule has 32 heavy (non-hydrogen) atoms. The molecule has 0 amide bonds. The molecule has 1 aromatic carbocycles. The molecular formula is C23H27Cl2N3O3S. The smallest absolute Gasteiger partial charge is 0.342 e. The van der Waals surface area contributed by atoms with Crippen LogP contribution in [0.15, 0.2) is 34.2 Å². The number of esters is 1. The minimum Gasteiger partial charge on any atom is -0.462 e. The van der Waals surface area contributed by atoms with Gasteiger partial charge in [-0.1, -0.05) is 80.2 Å².